The zero-order valence-corrected chi connectivity index (χ0v) is 12.9. The van der Waals surface area contributed by atoms with Gasteiger partial charge in [-0.15, -0.1) is 0 Å². The first-order valence-electron chi connectivity index (χ1n) is 6.77. The number of aromatic nitrogens is 1. The molecule has 0 aliphatic carbocycles. The lowest BCUT2D eigenvalue weighted by molar-refractivity contribution is 0.0947. The molecule has 0 spiro atoms. The van der Waals surface area contributed by atoms with Gasteiger partial charge in [-0.05, 0) is 29.8 Å². The second kappa shape index (κ2) is 7.77. The predicted molar refractivity (Wildman–Crippen MR) is 84.4 cm³/mol. The van der Waals surface area contributed by atoms with Crippen LogP contribution in [0.1, 0.15) is 21.8 Å². The van der Waals surface area contributed by atoms with Crippen LogP contribution in [0.5, 0.6) is 5.75 Å². The van der Waals surface area contributed by atoms with E-state index in [1.165, 1.54) is 7.11 Å². The number of nitrogens with one attached hydrogen (secondary N) is 1. The van der Waals surface area contributed by atoms with Crippen LogP contribution in [0.4, 0.5) is 0 Å². The smallest absolute Gasteiger partial charge is 0.251 e. The highest BCUT2D eigenvalue weighted by Crippen LogP contribution is 2.21. The molecule has 1 aromatic carbocycles. The third kappa shape index (κ3) is 4.19. The summed E-state index contributed by atoms with van der Waals surface area (Å²) in [7, 11) is 1.51. The minimum Gasteiger partial charge on any atom is -0.497 e. The summed E-state index contributed by atoms with van der Waals surface area (Å²) < 4.78 is 5.09. The fraction of sp³-hybridized carbons (Fsp3) is 0.250. The number of pyridine rings is 1. The van der Waals surface area contributed by atoms with Crippen LogP contribution in [0.3, 0.4) is 0 Å². The van der Waals surface area contributed by atoms with Gasteiger partial charge in [-0.2, -0.15) is 0 Å². The molecule has 1 heterocycles. The zero-order valence-electron chi connectivity index (χ0n) is 12.1. The van der Waals surface area contributed by atoms with Crippen LogP contribution in [-0.2, 0) is 0 Å². The number of carbonyl (C=O) groups excluding carboxylic acids is 1. The molecule has 1 unspecified atom stereocenters. The number of carbonyl (C=O) groups is 1. The van der Waals surface area contributed by atoms with Gasteiger partial charge in [0, 0.05) is 35.4 Å². The van der Waals surface area contributed by atoms with E-state index in [1.54, 1.807) is 36.7 Å². The van der Waals surface area contributed by atoms with Crippen molar-refractivity contribution in [1.29, 1.82) is 0 Å². The summed E-state index contributed by atoms with van der Waals surface area (Å²) in [5.41, 5.74) is 1.28. The fourth-order valence-electron chi connectivity index (χ4n) is 2.03. The minimum atomic E-state index is -0.275. The van der Waals surface area contributed by atoms with Crippen LogP contribution in [0.15, 0.2) is 42.7 Å². The average Bonchev–Trinajstić information content (AvgIpc) is 2.55. The SMILES string of the molecule is COc1cc(Cl)cc(C(=O)NCC(CO)c2cccnc2)c1. The lowest BCUT2D eigenvalue weighted by atomic mass is 10.0. The van der Waals surface area contributed by atoms with Gasteiger partial charge in [-0.3, -0.25) is 9.78 Å². The summed E-state index contributed by atoms with van der Waals surface area (Å²) in [6.45, 7) is 0.223. The number of methoxy groups -OCH3 is 1. The number of ether oxygens (including phenoxy) is 1. The van der Waals surface area contributed by atoms with E-state index < -0.39 is 0 Å². The van der Waals surface area contributed by atoms with Crippen molar-refractivity contribution < 1.29 is 14.6 Å². The first kappa shape index (κ1) is 16.3. The van der Waals surface area contributed by atoms with Crippen molar-refractivity contribution >= 4 is 17.5 Å². The van der Waals surface area contributed by atoms with Crippen molar-refractivity contribution in [2.75, 3.05) is 20.3 Å². The van der Waals surface area contributed by atoms with Gasteiger partial charge in [-0.1, -0.05) is 17.7 Å². The van der Waals surface area contributed by atoms with E-state index in [0.717, 1.165) is 5.56 Å². The van der Waals surface area contributed by atoms with Gasteiger partial charge in [0.1, 0.15) is 5.75 Å². The molecule has 0 aliphatic heterocycles. The highest BCUT2D eigenvalue weighted by Gasteiger charge is 2.14. The number of halogens is 1. The molecule has 6 heteroatoms. The number of rotatable bonds is 6. The van der Waals surface area contributed by atoms with Crippen molar-refractivity contribution in [3.8, 4) is 5.75 Å². The summed E-state index contributed by atoms with van der Waals surface area (Å²) in [5.74, 6) is 0.0329. The zero-order chi connectivity index (χ0) is 15.9. The van der Waals surface area contributed by atoms with Gasteiger partial charge in [0.05, 0.1) is 13.7 Å². The molecule has 0 saturated heterocycles. The largest absolute Gasteiger partial charge is 0.497 e. The molecule has 0 aliphatic rings. The van der Waals surface area contributed by atoms with Crippen molar-refractivity contribution in [2.24, 2.45) is 0 Å². The Morgan fingerprint density at radius 3 is 2.91 bits per heavy atom. The van der Waals surface area contributed by atoms with Crippen LogP contribution in [0.2, 0.25) is 5.02 Å². The average molecular weight is 321 g/mol. The summed E-state index contributed by atoms with van der Waals surface area (Å²) in [6, 6.07) is 8.46. The molecule has 1 amide bonds. The Balaban J connectivity index is 2.04. The molecule has 2 rings (SSSR count). The Labute approximate surface area is 133 Å². The Hall–Kier alpha value is -2.11. The summed E-state index contributed by atoms with van der Waals surface area (Å²) >= 11 is 5.95. The maximum absolute atomic E-state index is 12.2. The van der Waals surface area contributed by atoms with E-state index >= 15 is 0 Å². The quantitative estimate of drug-likeness (QED) is 0.856. The molecule has 0 bridgehead atoms. The van der Waals surface area contributed by atoms with Crippen LogP contribution in [0.25, 0.3) is 0 Å². The van der Waals surface area contributed by atoms with Crippen LogP contribution in [-0.4, -0.2) is 36.3 Å². The van der Waals surface area contributed by atoms with Crippen LogP contribution < -0.4 is 10.1 Å². The van der Waals surface area contributed by atoms with Gasteiger partial charge in [0.15, 0.2) is 0 Å². The number of aliphatic hydroxyl groups is 1. The number of aliphatic hydroxyl groups excluding tert-OH is 1. The Morgan fingerprint density at radius 1 is 1.45 bits per heavy atom. The van der Waals surface area contributed by atoms with Gasteiger partial charge in [0.2, 0.25) is 0 Å². The monoisotopic (exact) mass is 320 g/mol. The number of benzene rings is 1. The number of hydrogen-bond acceptors (Lipinski definition) is 4. The first-order valence-corrected chi connectivity index (χ1v) is 7.15. The summed E-state index contributed by atoms with van der Waals surface area (Å²) in [6.07, 6.45) is 3.34. The summed E-state index contributed by atoms with van der Waals surface area (Å²) in [5, 5.41) is 12.7. The van der Waals surface area contributed by atoms with E-state index in [4.69, 9.17) is 16.3 Å². The predicted octanol–water partition coefficient (Wildman–Crippen LogP) is 2.25. The molecule has 22 heavy (non-hydrogen) atoms. The van der Waals surface area contributed by atoms with E-state index in [1.807, 2.05) is 6.07 Å². The molecular formula is C16H17ClN2O3. The Morgan fingerprint density at radius 2 is 2.27 bits per heavy atom. The number of nitrogens with zero attached hydrogens (tertiary/aromatic N) is 1. The van der Waals surface area contributed by atoms with E-state index in [0.29, 0.717) is 22.9 Å². The standard InChI is InChI=1S/C16H17ClN2O3/c1-22-15-6-12(5-14(17)7-15)16(21)19-9-13(10-20)11-3-2-4-18-8-11/h2-8,13,20H,9-10H2,1H3,(H,19,21). The second-order valence-corrected chi connectivity index (χ2v) is 5.19. The first-order chi connectivity index (χ1) is 10.6. The van der Waals surface area contributed by atoms with Gasteiger partial charge < -0.3 is 15.2 Å². The van der Waals surface area contributed by atoms with Crippen molar-refractivity contribution in [2.45, 2.75) is 5.92 Å². The Kier molecular flexibility index (Phi) is 5.75. The van der Waals surface area contributed by atoms with E-state index in [2.05, 4.69) is 10.3 Å². The molecule has 2 N–H and O–H groups in total. The topological polar surface area (TPSA) is 71.5 Å². The molecule has 116 valence electrons. The molecular weight excluding hydrogens is 304 g/mol. The van der Waals surface area contributed by atoms with Crippen molar-refractivity contribution in [1.82, 2.24) is 10.3 Å². The highest BCUT2D eigenvalue weighted by molar-refractivity contribution is 6.31. The lowest BCUT2D eigenvalue weighted by Crippen LogP contribution is -2.29. The van der Waals surface area contributed by atoms with Crippen LogP contribution in [0, 0.1) is 0 Å². The third-order valence-electron chi connectivity index (χ3n) is 3.25. The molecule has 0 fully saturated rings. The Bertz CT molecular complexity index is 635. The third-order valence-corrected chi connectivity index (χ3v) is 3.47. The molecule has 5 nitrogen and oxygen atoms in total. The molecule has 0 radical (unpaired) electrons. The molecule has 2 aromatic rings. The maximum atomic E-state index is 12.2. The normalized spacial score (nSPS) is 11.8. The van der Waals surface area contributed by atoms with Crippen LogP contribution >= 0.6 is 11.6 Å². The molecule has 1 aromatic heterocycles. The molecule has 0 saturated carbocycles. The molecule has 1 atom stereocenters. The van der Waals surface area contributed by atoms with Gasteiger partial charge in [-0.25, -0.2) is 0 Å². The van der Waals surface area contributed by atoms with Gasteiger partial charge >= 0.3 is 0 Å². The number of hydrogen-bond donors (Lipinski definition) is 2. The highest BCUT2D eigenvalue weighted by atomic mass is 35.5. The lowest BCUT2D eigenvalue weighted by Gasteiger charge is -2.15. The second-order valence-electron chi connectivity index (χ2n) is 4.76. The van der Waals surface area contributed by atoms with Crippen molar-refractivity contribution in [3.63, 3.8) is 0 Å². The van der Waals surface area contributed by atoms with Gasteiger partial charge in [0.25, 0.3) is 5.91 Å². The van der Waals surface area contributed by atoms with E-state index in [9.17, 15) is 9.90 Å². The maximum Gasteiger partial charge on any atom is 0.251 e. The summed E-state index contributed by atoms with van der Waals surface area (Å²) in [4.78, 5) is 16.2. The fourth-order valence-corrected chi connectivity index (χ4v) is 2.26. The van der Waals surface area contributed by atoms with Crippen molar-refractivity contribution in [3.05, 3.63) is 58.9 Å². The minimum absolute atomic E-state index is 0.0785. The number of amides is 1. The van der Waals surface area contributed by atoms with E-state index in [-0.39, 0.29) is 18.4 Å².